The second kappa shape index (κ2) is 10.5. The Hall–Kier alpha value is -1.22. The molecule has 8 nitrogen and oxygen atoms in total. The normalized spacial score (nSPS) is 18.4. The number of aliphatic carboxylic acids is 1. The van der Waals surface area contributed by atoms with E-state index in [1.54, 1.807) is 4.90 Å². The summed E-state index contributed by atoms with van der Waals surface area (Å²) < 4.78 is 0. The number of carbonyl (C=O) groups is 2. The van der Waals surface area contributed by atoms with Crippen LogP contribution in [0.15, 0.2) is 0 Å². The van der Waals surface area contributed by atoms with E-state index in [-0.39, 0.29) is 12.3 Å². The van der Waals surface area contributed by atoms with Crippen LogP contribution in [0.3, 0.4) is 0 Å². The fourth-order valence-corrected chi connectivity index (χ4v) is 2.20. The summed E-state index contributed by atoms with van der Waals surface area (Å²) in [5, 5.41) is 18.6. The van der Waals surface area contributed by atoms with Crippen LogP contribution in [0.1, 0.15) is 6.42 Å². The highest BCUT2D eigenvalue weighted by Crippen LogP contribution is 2.16. The van der Waals surface area contributed by atoms with E-state index in [0.29, 0.717) is 26.2 Å². The van der Waals surface area contributed by atoms with Gasteiger partial charge in [-0.15, -0.1) is 0 Å². The summed E-state index contributed by atoms with van der Waals surface area (Å²) in [5.74, 6) is -1.49. The predicted octanol–water partition coefficient (Wildman–Crippen LogP) is -2.35. The number of amides is 1. The molecular weight excluding hydrogens is 274 g/mol. The van der Waals surface area contributed by atoms with Gasteiger partial charge in [0.15, 0.2) is 0 Å². The van der Waals surface area contributed by atoms with Crippen LogP contribution in [0.5, 0.6) is 0 Å². The molecule has 1 saturated heterocycles. The highest BCUT2D eigenvalue weighted by Gasteiger charge is 2.33. The summed E-state index contributed by atoms with van der Waals surface area (Å²) in [6.45, 7) is 6.55. The molecule has 8 heteroatoms. The summed E-state index contributed by atoms with van der Waals surface area (Å²) in [7, 11) is 0. The van der Waals surface area contributed by atoms with E-state index < -0.39 is 11.9 Å². The second-order valence-corrected chi connectivity index (χ2v) is 5.12. The van der Waals surface area contributed by atoms with Gasteiger partial charge in [0.25, 0.3) is 0 Å². The van der Waals surface area contributed by atoms with Gasteiger partial charge in [0.2, 0.25) is 5.91 Å². The second-order valence-electron chi connectivity index (χ2n) is 5.12. The molecule has 1 aliphatic rings. The number of rotatable bonds is 12. The van der Waals surface area contributed by atoms with Crippen LogP contribution in [-0.4, -0.2) is 80.8 Å². The average molecular weight is 301 g/mol. The molecule has 1 aliphatic heterocycles. The molecule has 0 aliphatic carbocycles. The quantitative estimate of drug-likeness (QED) is 0.256. The van der Waals surface area contributed by atoms with Gasteiger partial charge in [-0.2, -0.15) is 0 Å². The van der Waals surface area contributed by atoms with Crippen molar-refractivity contribution in [2.75, 3.05) is 58.9 Å². The zero-order chi connectivity index (χ0) is 15.5. The molecule has 0 radical (unpaired) electrons. The van der Waals surface area contributed by atoms with E-state index in [4.69, 9.17) is 10.8 Å². The monoisotopic (exact) mass is 301 g/mol. The van der Waals surface area contributed by atoms with E-state index in [9.17, 15) is 9.59 Å². The molecule has 0 saturated carbocycles. The lowest BCUT2D eigenvalue weighted by Gasteiger charge is -2.16. The SMILES string of the molecule is NCCNCCNCCNCCN1CC(C(=O)O)CC1=O. The Balaban J connectivity index is 1.93. The fourth-order valence-electron chi connectivity index (χ4n) is 2.20. The van der Waals surface area contributed by atoms with E-state index in [2.05, 4.69) is 16.0 Å². The molecule has 1 amide bonds. The minimum Gasteiger partial charge on any atom is -0.481 e. The van der Waals surface area contributed by atoms with E-state index in [0.717, 1.165) is 32.7 Å². The lowest BCUT2D eigenvalue weighted by Crippen LogP contribution is -2.37. The van der Waals surface area contributed by atoms with Gasteiger partial charge in [-0.1, -0.05) is 0 Å². The van der Waals surface area contributed by atoms with Crippen LogP contribution in [0.25, 0.3) is 0 Å². The Labute approximate surface area is 125 Å². The summed E-state index contributed by atoms with van der Waals surface area (Å²) in [6.07, 6.45) is 0.132. The molecule has 0 spiro atoms. The maximum absolute atomic E-state index is 11.6. The van der Waals surface area contributed by atoms with Gasteiger partial charge >= 0.3 is 5.97 Å². The van der Waals surface area contributed by atoms with Crippen LogP contribution in [0.4, 0.5) is 0 Å². The van der Waals surface area contributed by atoms with Gasteiger partial charge in [-0.05, 0) is 0 Å². The van der Waals surface area contributed by atoms with Crippen LogP contribution >= 0.6 is 0 Å². The first-order chi connectivity index (χ1) is 10.1. The smallest absolute Gasteiger partial charge is 0.308 e. The maximum atomic E-state index is 11.6. The Morgan fingerprint density at radius 3 is 2.24 bits per heavy atom. The number of likely N-dealkylation sites (tertiary alicyclic amines) is 1. The minimum atomic E-state index is -0.883. The van der Waals surface area contributed by atoms with Crippen LogP contribution < -0.4 is 21.7 Å². The standard InChI is InChI=1S/C13H27N5O3/c14-1-2-15-3-4-16-5-6-17-7-8-18-10-11(13(20)21)9-12(18)19/h11,15-17H,1-10,14H2,(H,20,21). The third-order valence-corrected chi connectivity index (χ3v) is 3.40. The largest absolute Gasteiger partial charge is 0.481 e. The number of nitrogens with two attached hydrogens (primary N) is 1. The Morgan fingerprint density at radius 1 is 1.14 bits per heavy atom. The van der Waals surface area contributed by atoms with Crippen molar-refractivity contribution in [1.82, 2.24) is 20.9 Å². The number of carbonyl (C=O) groups excluding carboxylic acids is 1. The molecule has 0 aromatic rings. The third-order valence-electron chi connectivity index (χ3n) is 3.40. The lowest BCUT2D eigenvalue weighted by atomic mass is 10.1. The minimum absolute atomic E-state index is 0.0618. The molecule has 1 atom stereocenters. The summed E-state index contributed by atoms with van der Waals surface area (Å²) in [6, 6.07) is 0. The number of carboxylic acids is 1. The van der Waals surface area contributed by atoms with E-state index in [1.807, 2.05) is 0 Å². The molecule has 122 valence electrons. The van der Waals surface area contributed by atoms with Crippen molar-refractivity contribution >= 4 is 11.9 Å². The summed E-state index contributed by atoms with van der Waals surface area (Å²) in [4.78, 5) is 24.0. The van der Waals surface area contributed by atoms with Crippen molar-refractivity contribution in [1.29, 1.82) is 0 Å². The molecule has 6 N–H and O–H groups in total. The molecule has 0 bridgehead atoms. The third kappa shape index (κ3) is 7.37. The van der Waals surface area contributed by atoms with Crippen molar-refractivity contribution in [2.24, 2.45) is 11.7 Å². The molecular formula is C13H27N5O3. The molecule has 1 unspecified atom stereocenters. The molecule has 0 aromatic carbocycles. The number of nitrogens with one attached hydrogen (secondary N) is 3. The van der Waals surface area contributed by atoms with Gasteiger partial charge in [0.05, 0.1) is 5.92 Å². The van der Waals surface area contributed by atoms with Crippen molar-refractivity contribution in [3.63, 3.8) is 0 Å². The highest BCUT2D eigenvalue weighted by molar-refractivity contribution is 5.86. The zero-order valence-electron chi connectivity index (χ0n) is 12.4. The number of hydrogen-bond acceptors (Lipinski definition) is 6. The number of hydrogen-bond donors (Lipinski definition) is 5. The first kappa shape index (κ1) is 17.8. The summed E-state index contributed by atoms with van der Waals surface area (Å²) in [5.41, 5.74) is 5.36. The van der Waals surface area contributed by atoms with Gasteiger partial charge in [0, 0.05) is 65.3 Å². The Morgan fingerprint density at radius 2 is 1.71 bits per heavy atom. The average Bonchev–Trinajstić information content (AvgIpc) is 2.82. The maximum Gasteiger partial charge on any atom is 0.308 e. The highest BCUT2D eigenvalue weighted by atomic mass is 16.4. The first-order valence-electron chi connectivity index (χ1n) is 7.48. The van der Waals surface area contributed by atoms with E-state index in [1.165, 1.54) is 0 Å². The van der Waals surface area contributed by atoms with Crippen molar-refractivity contribution in [3.05, 3.63) is 0 Å². The van der Waals surface area contributed by atoms with Crippen LogP contribution in [-0.2, 0) is 9.59 Å². The Bertz CT molecular complexity index is 327. The Kier molecular flexibility index (Phi) is 8.91. The topological polar surface area (TPSA) is 120 Å². The number of nitrogens with zero attached hydrogens (tertiary/aromatic N) is 1. The number of carboxylic acid groups (broad SMARTS) is 1. The van der Waals surface area contributed by atoms with Crippen molar-refractivity contribution < 1.29 is 14.7 Å². The van der Waals surface area contributed by atoms with E-state index >= 15 is 0 Å². The van der Waals surface area contributed by atoms with Gasteiger partial charge in [-0.25, -0.2) is 0 Å². The first-order valence-corrected chi connectivity index (χ1v) is 7.48. The molecule has 1 fully saturated rings. The zero-order valence-corrected chi connectivity index (χ0v) is 12.4. The van der Waals surface area contributed by atoms with Crippen LogP contribution in [0, 0.1) is 5.92 Å². The fraction of sp³-hybridized carbons (Fsp3) is 0.846. The van der Waals surface area contributed by atoms with Crippen molar-refractivity contribution in [2.45, 2.75) is 6.42 Å². The van der Waals surface area contributed by atoms with Crippen molar-refractivity contribution in [3.8, 4) is 0 Å². The van der Waals surface area contributed by atoms with Gasteiger partial charge in [-0.3, -0.25) is 9.59 Å². The van der Waals surface area contributed by atoms with Gasteiger partial charge in [0.1, 0.15) is 0 Å². The molecule has 0 aromatic heterocycles. The molecule has 1 rings (SSSR count). The predicted molar refractivity (Wildman–Crippen MR) is 80.0 cm³/mol. The van der Waals surface area contributed by atoms with Crippen LogP contribution in [0.2, 0.25) is 0 Å². The summed E-state index contributed by atoms with van der Waals surface area (Å²) >= 11 is 0. The lowest BCUT2D eigenvalue weighted by molar-refractivity contribution is -0.141. The van der Waals surface area contributed by atoms with Gasteiger partial charge < -0.3 is 31.7 Å². The molecule has 21 heavy (non-hydrogen) atoms. The molecule has 1 heterocycles.